The SMILES string of the molecule is CCC1=Nc2cncn2[SH]1C(O)C1CC(C)(C)C1. The third-order valence-corrected chi connectivity index (χ3v) is 6.60. The summed E-state index contributed by atoms with van der Waals surface area (Å²) in [5, 5.41) is 11.8. The molecule has 1 saturated carbocycles. The van der Waals surface area contributed by atoms with Crippen molar-refractivity contribution >= 4 is 21.9 Å². The van der Waals surface area contributed by atoms with Gasteiger partial charge in [0, 0.05) is 0 Å². The molecule has 0 radical (unpaired) electrons. The van der Waals surface area contributed by atoms with Gasteiger partial charge in [-0.3, -0.25) is 3.97 Å². The number of aromatic nitrogens is 2. The van der Waals surface area contributed by atoms with Crippen LogP contribution in [0.2, 0.25) is 0 Å². The number of aliphatic hydroxyl groups excluding tert-OH is 1. The van der Waals surface area contributed by atoms with Crippen LogP contribution in [-0.4, -0.2) is 24.5 Å². The van der Waals surface area contributed by atoms with Crippen LogP contribution in [0.4, 0.5) is 5.82 Å². The molecule has 1 fully saturated rings. The van der Waals surface area contributed by atoms with E-state index in [9.17, 15) is 5.11 Å². The van der Waals surface area contributed by atoms with Crippen LogP contribution in [0.15, 0.2) is 17.5 Å². The highest BCUT2D eigenvalue weighted by Gasteiger charge is 2.43. The Labute approximate surface area is 111 Å². The van der Waals surface area contributed by atoms with Crippen LogP contribution in [0.5, 0.6) is 0 Å². The summed E-state index contributed by atoms with van der Waals surface area (Å²) >= 11 is -0.724. The molecule has 4 nitrogen and oxygen atoms in total. The summed E-state index contributed by atoms with van der Waals surface area (Å²) in [6.45, 7) is 6.66. The maximum Gasteiger partial charge on any atom is 0.162 e. The van der Waals surface area contributed by atoms with E-state index in [2.05, 4.69) is 34.7 Å². The third kappa shape index (κ3) is 1.80. The smallest absolute Gasteiger partial charge is 0.162 e. The van der Waals surface area contributed by atoms with E-state index in [1.54, 1.807) is 6.20 Å². The Balaban J connectivity index is 1.82. The predicted octanol–water partition coefficient (Wildman–Crippen LogP) is 2.86. The quantitative estimate of drug-likeness (QED) is 0.827. The fourth-order valence-corrected chi connectivity index (χ4v) is 5.56. The van der Waals surface area contributed by atoms with Crippen LogP contribution in [0.25, 0.3) is 0 Å². The van der Waals surface area contributed by atoms with Gasteiger partial charge in [-0.25, -0.2) is 9.98 Å². The highest BCUT2D eigenvalue weighted by atomic mass is 32.2. The molecule has 0 amide bonds. The number of rotatable bonds is 3. The summed E-state index contributed by atoms with van der Waals surface area (Å²) in [7, 11) is 0. The minimum Gasteiger partial charge on any atom is -0.382 e. The summed E-state index contributed by atoms with van der Waals surface area (Å²) in [6, 6.07) is 0. The van der Waals surface area contributed by atoms with Gasteiger partial charge >= 0.3 is 0 Å². The zero-order chi connectivity index (χ0) is 12.9. The van der Waals surface area contributed by atoms with Crippen LogP contribution in [0.1, 0.15) is 40.0 Å². The second kappa shape index (κ2) is 4.10. The Morgan fingerprint density at radius 2 is 2.28 bits per heavy atom. The Bertz CT molecular complexity index is 486. The molecule has 1 aromatic rings. The largest absolute Gasteiger partial charge is 0.382 e. The number of nitrogens with zero attached hydrogens (tertiary/aromatic N) is 3. The van der Waals surface area contributed by atoms with Crippen LogP contribution in [0.3, 0.4) is 0 Å². The van der Waals surface area contributed by atoms with E-state index in [1.165, 1.54) is 0 Å². The van der Waals surface area contributed by atoms with E-state index < -0.39 is 11.1 Å². The standard InChI is InChI=1S/C13H21N3OS/c1-4-11-15-10-7-14-8-16(10)18(11)12(17)9-5-13(2,3)6-9/h7-9,12,17-18H,4-6H2,1-3H3. The summed E-state index contributed by atoms with van der Waals surface area (Å²) in [5.74, 6) is 1.34. The summed E-state index contributed by atoms with van der Waals surface area (Å²) in [4.78, 5) is 8.73. The van der Waals surface area contributed by atoms with E-state index >= 15 is 0 Å². The van der Waals surface area contributed by atoms with Gasteiger partial charge in [-0.2, -0.15) is 0 Å². The van der Waals surface area contributed by atoms with Crippen molar-refractivity contribution in [3.63, 3.8) is 0 Å². The number of hydrogen-bond acceptors (Lipinski definition) is 3. The van der Waals surface area contributed by atoms with Crippen LogP contribution >= 0.6 is 11.1 Å². The molecule has 2 aliphatic rings. The van der Waals surface area contributed by atoms with Crippen molar-refractivity contribution in [1.29, 1.82) is 0 Å². The summed E-state index contributed by atoms with van der Waals surface area (Å²) < 4.78 is 2.09. The Hall–Kier alpha value is -0.810. The molecule has 0 spiro atoms. The number of hydrogen-bond donors (Lipinski definition) is 2. The molecule has 1 N–H and O–H groups in total. The predicted molar refractivity (Wildman–Crippen MR) is 76.5 cm³/mol. The number of fused-ring (bicyclic) bond motifs is 1. The zero-order valence-corrected chi connectivity index (χ0v) is 12.1. The van der Waals surface area contributed by atoms with Gasteiger partial charge in [-0.15, -0.1) is 11.1 Å². The molecular formula is C13H21N3OS. The average molecular weight is 267 g/mol. The molecule has 100 valence electrons. The number of imidazole rings is 1. The maximum absolute atomic E-state index is 10.7. The van der Waals surface area contributed by atoms with E-state index in [0.717, 1.165) is 30.1 Å². The van der Waals surface area contributed by atoms with Gasteiger partial charge in [0.2, 0.25) is 0 Å². The first-order chi connectivity index (χ1) is 8.52. The second-order valence-corrected chi connectivity index (χ2v) is 8.23. The van der Waals surface area contributed by atoms with Crippen molar-refractivity contribution in [2.75, 3.05) is 0 Å². The van der Waals surface area contributed by atoms with Gasteiger partial charge in [0.15, 0.2) is 5.82 Å². The molecule has 2 atom stereocenters. The molecule has 5 heteroatoms. The molecule has 1 aliphatic carbocycles. The molecule has 3 rings (SSSR count). The molecule has 0 bridgehead atoms. The Morgan fingerprint density at radius 3 is 2.89 bits per heavy atom. The maximum atomic E-state index is 10.7. The van der Waals surface area contributed by atoms with E-state index in [-0.39, 0.29) is 5.44 Å². The van der Waals surface area contributed by atoms with Crippen LogP contribution < -0.4 is 0 Å². The Kier molecular flexibility index (Phi) is 2.79. The monoisotopic (exact) mass is 267 g/mol. The molecule has 1 aliphatic heterocycles. The molecule has 2 heterocycles. The third-order valence-electron chi connectivity index (χ3n) is 3.96. The van der Waals surface area contributed by atoms with Gasteiger partial charge in [0.05, 0.1) is 11.2 Å². The topological polar surface area (TPSA) is 50.4 Å². The summed E-state index contributed by atoms with van der Waals surface area (Å²) in [6.07, 6.45) is 6.76. The van der Waals surface area contributed by atoms with Gasteiger partial charge in [-0.1, -0.05) is 20.8 Å². The molecule has 2 unspecified atom stereocenters. The molecule has 0 saturated heterocycles. The van der Waals surface area contributed by atoms with E-state index in [1.807, 2.05) is 6.33 Å². The highest BCUT2D eigenvalue weighted by Crippen LogP contribution is 2.55. The molecule has 1 aromatic heterocycles. The van der Waals surface area contributed by atoms with Crippen molar-refractivity contribution in [3.05, 3.63) is 12.5 Å². The van der Waals surface area contributed by atoms with Crippen molar-refractivity contribution < 1.29 is 5.11 Å². The fraction of sp³-hybridized carbons (Fsp3) is 0.692. The van der Waals surface area contributed by atoms with Crippen LogP contribution in [-0.2, 0) is 0 Å². The lowest BCUT2D eigenvalue weighted by atomic mass is 9.65. The van der Waals surface area contributed by atoms with Gasteiger partial charge < -0.3 is 5.11 Å². The first-order valence-corrected chi connectivity index (χ1v) is 7.96. The fourth-order valence-electron chi connectivity index (χ4n) is 3.13. The second-order valence-electron chi connectivity index (χ2n) is 6.07. The Morgan fingerprint density at radius 1 is 1.56 bits per heavy atom. The van der Waals surface area contributed by atoms with Crippen LogP contribution in [0, 0.1) is 11.3 Å². The van der Waals surface area contributed by atoms with E-state index in [4.69, 9.17) is 0 Å². The lowest BCUT2D eigenvalue weighted by Gasteiger charge is -2.47. The molecular weight excluding hydrogens is 246 g/mol. The molecule has 18 heavy (non-hydrogen) atoms. The zero-order valence-electron chi connectivity index (χ0n) is 11.2. The first kappa shape index (κ1) is 12.2. The lowest BCUT2D eigenvalue weighted by molar-refractivity contribution is 0.0291. The van der Waals surface area contributed by atoms with E-state index in [0.29, 0.717) is 11.3 Å². The highest BCUT2D eigenvalue weighted by molar-refractivity contribution is 8.29. The number of thiol groups is 1. The normalized spacial score (nSPS) is 29.6. The van der Waals surface area contributed by atoms with Gasteiger partial charge in [0.25, 0.3) is 0 Å². The first-order valence-electron chi connectivity index (χ1n) is 6.59. The van der Waals surface area contributed by atoms with Crippen molar-refractivity contribution in [2.24, 2.45) is 16.3 Å². The number of aliphatic imine (C=N–C) groups is 1. The minimum atomic E-state index is -0.724. The molecule has 0 aromatic carbocycles. The van der Waals surface area contributed by atoms with Gasteiger partial charge in [-0.05, 0) is 30.6 Å². The van der Waals surface area contributed by atoms with Gasteiger partial charge in [0.1, 0.15) is 11.8 Å². The van der Waals surface area contributed by atoms with Crippen molar-refractivity contribution in [2.45, 2.75) is 45.5 Å². The minimum absolute atomic E-state index is 0.262. The summed E-state index contributed by atoms with van der Waals surface area (Å²) in [5.41, 5.74) is 0.143. The lowest BCUT2D eigenvalue weighted by Crippen LogP contribution is -2.40. The number of aliphatic hydroxyl groups is 1. The average Bonchev–Trinajstić information content (AvgIpc) is 2.83. The van der Waals surface area contributed by atoms with Crippen molar-refractivity contribution in [3.8, 4) is 0 Å². The van der Waals surface area contributed by atoms with Crippen molar-refractivity contribution in [1.82, 2.24) is 8.96 Å².